The van der Waals surface area contributed by atoms with Gasteiger partial charge in [0.2, 0.25) is 0 Å². The first-order chi connectivity index (χ1) is 4.38. The summed E-state index contributed by atoms with van der Waals surface area (Å²) in [5.41, 5.74) is 6.90. The van der Waals surface area contributed by atoms with E-state index >= 15 is 0 Å². The number of aromatic nitrogens is 1. The number of allylic oxidation sites excluding steroid dienone is 1. The second-order valence-corrected chi connectivity index (χ2v) is 2.20. The predicted molar refractivity (Wildman–Crippen MR) is 36.6 cm³/mol. The van der Waals surface area contributed by atoms with Gasteiger partial charge in [-0.15, -0.1) is 0 Å². The number of hydrogen-bond acceptors (Lipinski definition) is 1. The van der Waals surface area contributed by atoms with Crippen LogP contribution in [0, 0.1) is 0 Å². The summed E-state index contributed by atoms with van der Waals surface area (Å²) >= 11 is 0. The van der Waals surface area contributed by atoms with Gasteiger partial charge in [0.25, 0.3) is 0 Å². The molecule has 0 fully saturated rings. The highest BCUT2D eigenvalue weighted by Crippen LogP contribution is 2.14. The van der Waals surface area contributed by atoms with Gasteiger partial charge < -0.3 is 10.3 Å². The summed E-state index contributed by atoms with van der Waals surface area (Å²) in [5, 5.41) is 0. The first-order valence-electron chi connectivity index (χ1n) is 3.00. The van der Waals surface area contributed by atoms with Crippen LogP contribution in [0.3, 0.4) is 0 Å². The van der Waals surface area contributed by atoms with Gasteiger partial charge in [0.15, 0.2) is 0 Å². The van der Waals surface area contributed by atoms with Gasteiger partial charge >= 0.3 is 0 Å². The lowest BCUT2D eigenvalue weighted by atomic mass is 10.3. The van der Waals surface area contributed by atoms with Crippen molar-refractivity contribution in [2.24, 2.45) is 5.73 Å². The molecule has 2 heteroatoms. The molecule has 2 N–H and O–H groups in total. The molecule has 0 atom stereocenters. The Kier molecular flexibility index (Phi) is 0.730. The van der Waals surface area contributed by atoms with E-state index < -0.39 is 0 Å². The summed E-state index contributed by atoms with van der Waals surface area (Å²) in [6.45, 7) is 0. The van der Waals surface area contributed by atoms with Crippen molar-refractivity contribution in [2.75, 3.05) is 0 Å². The Morgan fingerprint density at radius 1 is 1.56 bits per heavy atom. The molecule has 1 aliphatic rings. The summed E-state index contributed by atoms with van der Waals surface area (Å²) in [6.07, 6.45) is 4.99. The SMILES string of the molecule is NC1=CCc2cccn21. The van der Waals surface area contributed by atoms with Crippen molar-refractivity contribution in [3.05, 3.63) is 30.1 Å². The zero-order valence-electron chi connectivity index (χ0n) is 5.04. The van der Waals surface area contributed by atoms with Crippen LogP contribution in [-0.2, 0) is 6.42 Å². The highest BCUT2D eigenvalue weighted by molar-refractivity contribution is 5.49. The summed E-state index contributed by atoms with van der Waals surface area (Å²) < 4.78 is 2.00. The second-order valence-electron chi connectivity index (χ2n) is 2.20. The molecule has 2 rings (SSSR count). The van der Waals surface area contributed by atoms with Crippen LogP contribution in [0.5, 0.6) is 0 Å². The van der Waals surface area contributed by atoms with E-state index in [-0.39, 0.29) is 0 Å². The van der Waals surface area contributed by atoms with Crippen molar-refractivity contribution in [3.63, 3.8) is 0 Å². The van der Waals surface area contributed by atoms with Crippen LogP contribution >= 0.6 is 0 Å². The van der Waals surface area contributed by atoms with E-state index in [2.05, 4.69) is 6.07 Å². The molecule has 0 amide bonds. The van der Waals surface area contributed by atoms with E-state index in [4.69, 9.17) is 5.73 Å². The highest BCUT2D eigenvalue weighted by Gasteiger charge is 2.06. The molecule has 9 heavy (non-hydrogen) atoms. The third-order valence-electron chi connectivity index (χ3n) is 1.63. The van der Waals surface area contributed by atoms with Crippen LogP contribution < -0.4 is 5.73 Å². The molecule has 0 aliphatic carbocycles. The Balaban J connectivity index is 2.62. The molecule has 0 saturated carbocycles. The molecule has 0 spiro atoms. The van der Waals surface area contributed by atoms with Crippen LogP contribution in [0.25, 0.3) is 5.82 Å². The maximum Gasteiger partial charge on any atom is 0.103 e. The Bertz CT molecular complexity index is 258. The third-order valence-corrected chi connectivity index (χ3v) is 1.63. The van der Waals surface area contributed by atoms with Gasteiger partial charge in [-0.05, 0) is 18.2 Å². The topological polar surface area (TPSA) is 30.9 Å². The van der Waals surface area contributed by atoms with Gasteiger partial charge in [0.1, 0.15) is 5.82 Å². The number of hydrogen-bond donors (Lipinski definition) is 1. The van der Waals surface area contributed by atoms with Crippen molar-refractivity contribution in [2.45, 2.75) is 6.42 Å². The predicted octanol–water partition coefficient (Wildman–Crippen LogP) is 0.801. The molecule has 2 nitrogen and oxygen atoms in total. The largest absolute Gasteiger partial charge is 0.385 e. The minimum atomic E-state index is 0.856. The lowest BCUT2D eigenvalue weighted by molar-refractivity contribution is 1.04. The minimum absolute atomic E-state index is 0.856. The lowest BCUT2D eigenvalue weighted by Crippen LogP contribution is -2.00. The van der Waals surface area contributed by atoms with Crippen LogP contribution in [0.2, 0.25) is 0 Å². The lowest BCUT2D eigenvalue weighted by Gasteiger charge is -1.96. The van der Waals surface area contributed by atoms with E-state index in [1.165, 1.54) is 5.69 Å². The average Bonchev–Trinajstić information content (AvgIpc) is 2.35. The molecule has 1 aromatic rings. The smallest absolute Gasteiger partial charge is 0.103 e. The van der Waals surface area contributed by atoms with Crippen molar-refractivity contribution in [3.8, 4) is 0 Å². The average molecular weight is 120 g/mol. The van der Waals surface area contributed by atoms with Crippen molar-refractivity contribution < 1.29 is 0 Å². The molecule has 0 radical (unpaired) electrons. The summed E-state index contributed by atoms with van der Waals surface area (Å²) in [6, 6.07) is 4.09. The summed E-state index contributed by atoms with van der Waals surface area (Å²) in [7, 11) is 0. The van der Waals surface area contributed by atoms with Gasteiger partial charge in [0, 0.05) is 18.3 Å². The number of rotatable bonds is 0. The van der Waals surface area contributed by atoms with Crippen LogP contribution in [0.1, 0.15) is 5.69 Å². The van der Waals surface area contributed by atoms with Crippen LogP contribution in [0.15, 0.2) is 24.4 Å². The van der Waals surface area contributed by atoms with E-state index in [0.29, 0.717) is 0 Å². The monoisotopic (exact) mass is 120 g/mol. The third kappa shape index (κ3) is 0.499. The maximum atomic E-state index is 5.61. The zero-order valence-corrected chi connectivity index (χ0v) is 5.04. The first kappa shape index (κ1) is 4.68. The fraction of sp³-hybridized carbons (Fsp3) is 0.143. The Hall–Kier alpha value is -1.18. The van der Waals surface area contributed by atoms with Gasteiger partial charge in [-0.3, -0.25) is 0 Å². The van der Waals surface area contributed by atoms with Gasteiger partial charge in [-0.1, -0.05) is 0 Å². The summed E-state index contributed by atoms with van der Waals surface area (Å²) in [4.78, 5) is 0. The standard InChI is InChI=1S/C7H8N2/c8-7-4-3-6-2-1-5-9(6)7/h1-2,4-5H,3,8H2. The van der Waals surface area contributed by atoms with Crippen molar-refractivity contribution >= 4 is 5.82 Å². The minimum Gasteiger partial charge on any atom is -0.385 e. The van der Waals surface area contributed by atoms with Crippen molar-refractivity contribution in [1.29, 1.82) is 0 Å². The first-order valence-corrected chi connectivity index (χ1v) is 3.00. The molecular formula is C7H8N2. The fourth-order valence-corrected chi connectivity index (χ4v) is 1.14. The maximum absolute atomic E-state index is 5.61. The van der Waals surface area contributed by atoms with E-state index in [0.717, 1.165) is 12.2 Å². The van der Waals surface area contributed by atoms with Crippen LogP contribution in [-0.4, -0.2) is 4.57 Å². The van der Waals surface area contributed by atoms with E-state index in [1.807, 2.05) is 22.9 Å². The van der Waals surface area contributed by atoms with Crippen molar-refractivity contribution in [1.82, 2.24) is 4.57 Å². The second kappa shape index (κ2) is 1.41. The highest BCUT2D eigenvalue weighted by atomic mass is 15.1. The Morgan fingerprint density at radius 2 is 2.44 bits per heavy atom. The van der Waals surface area contributed by atoms with Crippen LogP contribution in [0.4, 0.5) is 0 Å². The van der Waals surface area contributed by atoms with Gasteiger partial charge in [-0.25, -0.2) is 0 Å². The molecular weight excluding hydrogens is 112 g/mol. The molecule has 0 saturated heterocycles. The number of nitrogens with two attached hydrogens (primary N) is 1. The van der Waals surface area contributed by atoms with Gasteiger partial charge in [0.05, 0.1) is 0 Å². The Labute approximate surface area is 53.6 Å². The molecule has 1 aromatic heterocycles. The zero-order chi connectivity index (χ0) is 6.27. The molecule has 1 aliphatic heterocycles. The van der Waals surface area contributed by atoms with E-state index in [1.54, 1.807) is 0 Å². The normalized spacial score (nSPS) is 15.3. The van der Waals surface area contributed by atoms with Gasteiger partial charge in [-0.2, -0.15) is 0 Å². The molecule has 0 aromatic carbocycles. The van der Waals surface area contributed by atoms with E-state index in [9.17, 15) is 0 Å². The molecule has 46 valence electrons. The quantitative estimate of drug-likeness (QED) is 0.539. The molecule has 2 heterocycles. The Morgan fingerprint density at radius 3 is 3.22 bits per heavy atom. The number of nitrogens with zero attached hydrogens (tertiary/aromatic N) is 1. The molecule has 0 bridgehead atoms. The summed E-state index contributed by atoms with van der Waals surface area (Å²) in [5.74, 6) is 0.856. The number of fused-ring (bicyclic) bond motifs is 1. The molecule has 0 unspecified atom stereocenters. The fourth-order valence-electron chi connectivity index (χ4n) is 1.14.